The number of carbonyl (C=O) groups excluding carboxylic acids is 4. The van der Waals surface area contributed by atoms with Crippen molar-refractivity contribution in [1.82, 2.24) is 26.6 Å². The van der Waals surface area contributed by atoms with E-state index in [0.717, 1.165) is 25.0 Å². The van der Waals surface area contributed by atoms with E-state index < -0.39 is 17.1 Å². The fourth-order valence-corrected chi connectivity index (χ4v) is 7.19. The van der Waals surface area contributed by atoms with Crippen LogP contribution in [-0.4, -0.2) is 125 Å². The third-order valence-electron chi connectivity index (χ3n) is 8.33. The van der Waals surface area contributed by atoms with E-state index in [-0.39, 0.29) is 72.3 Å². The first-order valence-electron chi connectivity index (χ1n) is 17.9. The van der Waals surface area contributed by atoms with Gasteiger partial charge in [-0.15, -0.1) is 6.42 Å². The first-order chi connectivity index (χ1) is 26.1. The van der Waals surface area contributed by atoms with Crippen molar-refractivity contribution in [1.29, 1.82) is 0 Å². The van der Waals surface area contributed by atoms with Crippen LogP contribution in [0.15, 0.2) is 12.1 Å². The molecule has 2 heterocycles. The van der Waals surface area contributed by atoms with Gasteiger partial charge in [0.2, 0.25) is 11.8 Å². The van der Waals surface area contributed by atoms with Crippen molar-refractivity contribution in [3.8, 4) is 23.8 Å². The molecule has 300 valence electrons. The van der Waals surface area contributed by atoms with E-state index in [9.17, 15) is 29.3 Å². The second-order valence-corrected chi connectivity index (χ2v) is 13.6. The van der Waals surface area contributed by atoms with E-state index in [1.807, 2.05) is 11.8 Å². The van der Waals surface area contributed by atoms with Gasteiger partial charge in [0.15, 0.2) is 11.5 Å². The van der Waals surface area contributed by atoms with Gasteiger partial charge in [-0.05, 0) is 32.3 Å². The number of fused-ring (bicyclic) bond motifs is 1. The van der Waals surface area contributed by atoms with Crippen molar-refractivity contribution >= 4 is 41.4 Å². The lowest BCUT2D eigenvalue weighted by Gasteiger charge is -2.17. The smallest absolute Gasteiger partial charge is 0.408 e. The number of thioether (sulfide) groups is 1. The Hall–Kier alpha value is -4.51. The molecule has 4 atom stereocenters. The predicted molar refractivity (Wildman–Crippen MR) is 199 cm³/mol. The second kappa shape index (κ2) is 24.7. The van der Waals surface area contributed by atoms with Gasteiger partial charge in [-0.3, -0.25) is 19.7 Å². The maximum absolute atomic E-state index is 12.2. The summed E-state index contributed by atoms with van der Waals surface area (Å²) in [6.45, 7) is 4.45. The highest BCUT2D eigenvalue weighted by atomic mass is 32.2. The topological polar surface area (TPSA) is 227 Å². The van der Waals surface area contributed by atoms with E-state index in [4.69, 9.17) is 34.8 Å². The number of nitro groups is 1. The zero-order chi connectivity index (χ0) is 39.1. The number of hydrogen-bond donors (Lipinski definition) is 5. The Bertz CT molecular complexity index is 1430. The summed E-state index contributed by atoms with van der Waals surface area (Å²) in [5.74, 6) is 3.28. The van der Waals surface area contributed by atoms with Crippen molar-refractivity contribution in [2.75, 3.05) is 78.7 Å². The number of terminal acetylenes is 1. The van der Waals surface area contributed by atoms with Gasteiger partial charge in [-0.25, -0.2) is 9.59 Å². The molecule has 1 aromatic rings. The van der Waals surface area contributed by atoms with Gasteiger partial charge in [0.1, 0.15) is 6.10 Å². The van der Waals surface area contributed by atoms with Crippen LogP contribution in [0.25, 0.3) is 0 Å². The summed E-state index contributed by atoms with van der Waals surface area (Å²) in [6, 6.07) is 2.90. The minimum absolute atomic E-state index is 0.00365. The molecule has 0 bridgehead atoms. The first kappa shape index (κ1) is 43.9. The first-order valence-corrected chi connectivity index (χ1v) is 19.0. The number of hydrogen-bond acceptors (Lipinski definition) is 13. The Labute approximate surface area is 319 Å². The van der Waals surface area contributed by atoms with E-state index in [1.165, 1.54) is 26.2 Å². The number of methoxy groups -OCH3 is 1. The molecule has 2 aliphatic heterocycles. The number of nitro benzene ring substituents is 1. The number of nitrogens with zero attached hydrogens (tertiary/aromatic N) is 1. The monoisotopic (exact) mass is 780 g/mol. The predicted octanol–water partition coefficient (Wildman–Crippen LogP) is 2.19. The molecule has 0 radical (unpaired) electrons. The molecule has 0 aromatic heterocycles. The Morgan fingerprint density at radius 2 is 1.59 bits per heavy atom. The molecule has 2 fully saturated rings. The number of alkyl carbamates (subject to hydrolysis) is 1. The van der Waals surface area contributed by atoms with Gasteiger partial charge in [-0.1, -0.05) is 12.3 Å². The zero-order valence-corrected chi connectivity index (χ0v) is 31.6. The minimum atomic E-state index is -0.982. The molecule has 1 aromatic carbocycles. The van der Waals surface area contributed by atoms with Crippen LogP contribution in [0.1, 0.15) is 57.1 Å². The summed E-state index contributed by atoms with van der Waals surface area (Å²) in [6.07, 6.45) is 7.01. The molecular formula is C35H52N6O12S. The van der Waals surface area contributed by atoms with Gasteiger partial charge in [-0.2, -0.15) is 11.8 Å². The lowest BCUT2D eigenvalue weighted by atomic mass is 10.0. The number of urea groups is 1. The average Bonchev–Trinajstić information content (AvgIpc) is 3.71. The standard InChI is InChI=1S/C35H52N6O12S/c1-4-11-38-35(45)53-24(2)25-21-28(48-3)29(22-27(25)41(46)47)52-14-7-10-32(43)37-13-16-50-18-20-51-19-17-49-15-12-36-31(42)9-6-5-8-30-33-26(23-54-30)39-34(44)40-33/h1,21-22,24,26,30,33H,5-20,23H2,2-3H3,(H,36,42)(H,37,43)(H,38,45)(H2,39,40,44)/t24?,26-,30?,33+/m1/s1. The number of carbonyl (C=O) groups is 4. The fraction of sp³-hybridized carbons (Fsp3) is 0.657. The molecule has 0 spiro atoms. The average molecular weight is 781 g/mol. The summed E-state index contributed by atoms with van der Waals surface area (Å²) in [5, 5.41) is 26.0. The van der Waals surface area contributed by atoms with Crippen LogP contribution in [-0.2, 0) is 28.5 Å². The highest BCUT2D eigenvalue weighted by molar-refractivity contribution is 8.00. The normalized spacial score (nSPS) is 17.6. The maximum Gasteiger partial charge on any atom is 0.408 e. The Kier molecular flexibility index (Phi) is 20.1. The Balaban J connectivity index is 1.13. The van der Waals surface area contributed by atoms with Gasteiger partial charge in [0.25, 0.3) is 5.69 Å². The van der Waals surface area contributed by atoms with E-state index in [2.05, 4.69) is 32.5 Å². The van der Waals surface area contributed by atoms with Gasteiger partial charge in [0, 0.05) is 36.9 Å². The summed E-state index contributed by atoms with van der Waals surface area (Å²) in [7, 11) is 1.37. The summed E-state index contributed by atoms with van der Waals surface area (Å²) in [4.78, 5) is 58.7. The number of amides is 5. The molecule has 18 nitrogen and oxygen atoms in total. The van der Waals surface area contributed by atoms with Crippen LogP contribution in [0.5, 0.6) is 11.5 Å². The van der Waals surface area contributed by atoms with Gasteiger partial charge < -0.3 is 55.0 Å². The third-order valence-corrected chi connectivity index (χ3v) is 9.84. The van der Waals surface area contributed by atoms with Crippen LogP contribution in [0.4, 0.5) is 15.3 Å². The third kappa shape index (κ3) is 15.8. The molecule has 5 N–H and O–H groups in total. The quantitative estimate of drug-likeness (QED) is 0.0284. The molecule has 54 heavy (non-hydrogen) atoms. The Morgan fingerprint density at radius 1 is 0.944 bits per heavy atom. The van der Waals surface area contributed by atoms with Crippen molar-refractivity contribution in [3.63, 3.8) is 0 Å². The number of benzene rings is 1. The van der Waals surface area contributed by atoms with Crippen molar-refractivity contribution in [2.24, 2.45) is 0 Å². The summed E-state index contributed by atoms with van der Waals surface area (Å²) < 4.78 is 32.6. The van der Waals surface area contributed by atoms with Crippen LogP contribution in [0.3, 0.4) is 0 Å². The fourth-order valence-electron chi connectivity index (χ4n) is 5.64. The lowest BCUT2D eigenvalue weighted by molar-refractivity contribution is -0.386. The molecule has 5 amide bonds. The highest BCUT2D eigenvalue weighted by Crippen LogP contribution is 2.38. The molecule has 2 unspecified atom stereocenters. The Morgan fingerprint density at radius 3 is 2.22 bits per heavy atom. The van der Waals surface area contributed by atoms with Crippen LogP contribution < -0.4 is 36.1 Å². The van der Waals surface area contributed by atoms with Gasteiger partial charge in [0.05, 0.1) is 88.5 Å². The van der Waals surface area contributed by atoms with Crippen LogP contribution >= 0.6 is 11.8 Å². The second-order valence-electron chi connectivity index (χ2n) is 12.3. The van der Waals surface area contributed by atoms with Crippen LogP contribution in [0.2, 0.25) is 0 Å². The van der Waals surface area contributed by atoms with E-state index in [0.29, 0.717) is 70.8 Å². The molecule has 19 heteroatoms. The maximum atomic E-state index is 12.2. The molecule has 2 saturated heterocycles. The van der Waals surface area contributed by atoms with Crippen molar-refractivity contribution in [3.05, 3.63) is 27.8 Å². The van der Waals surface area contributed by atoms with Crippen LogP contribution in [0, 0.1) is 22.5 Å². The van der Waals surface area contributed by atoms with Gasteiger partial charge >= 0.3 is 12.1 Å². The van der Waals surface area contributed by atoms with E-state index >= 15 is 0 Å². The lowest BCUT2D eigenvalue weighted by Crippen LogP contribution is -2.36. The highest BCUT2D eigenvalue weighted by Gasteiger charge is 2.42. The summed E-state index contributed by atoms with van der Waals surface area (Å²) >= 11 is 1.88. The molecule has 2 aliphatic rings. The summed E-state index contributed by atoms with van der Waals surface area (Å²) in [5.41, 5.74) is -0.221. The number of nitrogens with one attached hydrogen (secondary N) is 5. The largest absolute Gasteiger partial charge is 0.493 e. The minimum Gasteiger partial charge on any atom is -0.493 e. The van der Waals surface area contributed by atoms with Crippen molar-refractivity contribution in [2.45, 2.75) is 68.9 Å². The number of unbranched alkanes of at least 4 members (excludes halogenated alkanes) is 1. The SMILES string of the molecule is C#CCNC(=O)OC(C)c1cc(OC)c(OCCCC(=O)NCCOCCOCCOCCNC(=O)CCCCC2SC[C@H]3NC(=O)N[C@H]23)cc1[N+](=O)[O-]. The zero-order valence-electron chi connectivity index (χ0n) is 30.8. The molecular weight excluding hydrogens is 728 g/mol. The van der Waals surface area contributed by atoms with Crippen molar-refractivity contribution < 1.29 is 52.5 Å². The molecule has 3 rings (SSSR count). The number of ether oxygens (including phenoxy) is 6. The number of rotatable bonds is 27. The molecule has 0 aliphatic carbocycles. The molecule has 0 saturated carbocycles. The van der Waals surface area contributed by atoms with E-state index in [1.54, 1.807) is 0 Å².